The molecule has 3 aliphatic rings. The monoisotopic (exact) mass is 896 g/mol. The molecule has 56 heavy (non-hydrogen) atoms. The van der Waals surface area contributed by atoms with Crippen LogP contribution < -0.4 is 24.8 Å². The Kier molecular flexibility index (Phi) is 15.0. The number of benzene rings is 4. The third kappa shape index (κ3) is 10.0. The predicted molar refractivity (Wildman–Crippen MR) is 233 cm³/mol. The van der Waals surface area contributed by atoms with E-state index in [0.717, 1.165) is 40.4 Å². The quantitative estimate of drug-likeness (QED) is 0.156. The summed E-state index contributed by atoms with van der Waals surface area (Å²) in [4.78, 5) is 0. The van der Waals surface area contributed by atoms with Gasteiger partial charge in [0, 0.05) is 0 Å². The molecule has 0 saturated carbocycles. The van der Waals surface area contributed by atoms with E-state index in [1.165, 1.54) is 94.2 Å². The Morgan fingerprint density at radius 3 is 1.75 bits per heavy atom. The van der Waals surface area contributed by atoms with Crippen LogP contribution in [0.25, 0.3) is 22.3 Å². The van der Waals surface area contributed by atoms with Gasteiger partial charge in [0.15, 0.2) is 0 Å². The average molecular weight is 900 g/mol. The van der Waals surface area contributed by atoms with E-state index in [9.17, 15) is 0 Å². The van der Waals surface area contributed by atoms with E-state index < -0.39 is 0 Å². The molecule has 0 heterocycles. The van der Waals surface area contributed by atoms with Crippen molar-refractivity contribution in [3.05, 3.63) is 175 Å². The van der Waals surface area contributed by atoms with Crippen molar-refractivity contribution in [1.29, 1.82) is 0 Å². The van der Waals surface area contributed by atoms with Crippen LogP contribution in [0.3, 0.4) is 0 Å². The Balaban J connectivity index is 0.000000205. The Morgan fingerprint density at radius 1 is 0.732 bits per heavy atom. The molecule has 0 aliphatic heterocycles. The second-order valence-corrected chi connectivity index (χ2v) is 19.6. The summed E-state index contributed by atoms with van der Waals surface area (Å²) in [6.07, 6.45) is 10.4. The molecule has 5 aromatic rings. The van der Waals surface area contributed by atoms with Gasteiger partial charge in [-0.2, -0.15) is 28.8 Å². The SMILES string of the molecule is CC1=C[CH-]C(C)(C)c2cc3c(cc21)-c1cc2c(cc1C3)C(C)(C)CC=C2C.CCc1cc(C(C)(C)C)c[cH-]1.Clc1cccc([C](=[Zr+2])c2cccc(Cl)c2)c1.[Cl-].[Cl-]. The molecule has 0 atom stereocenters. The van der Waals surface area contributed by atoms with Crippen LogP contribution in [0.5, 0.6) is 0 Å². The number of halogens is 4. The van der Waals surface area contributed by atoms with E-state index >= 15 is 0 Å². The molecular formula is C51H54Cl4Zr-2. The summed E-state index contributed by atoms with van der Waals surface area (Å²) >= 11 is 13.3. The minimum atomic E-state index is 0. The number of allylic oxidation sites excluding steroid dienone is 4. The van der Waals surface area contributed by atoms with Gasteiger partial charge in [-0.1, -0.05) is 102 Å². The Bertz CT molecular complexity index is 2160. The first-order chi connectivity index (χ1) is 25.4. The fraction of sp³-hybridized carbons (Fsp3) is 0.314. The molecule has 5 aromatic carbocycles. The van der Waals surface area contributed by atoms with Crippen molar-refractivity contribution in [2.75, 3.05) is 0 Å². The minimum Gasteiger partial charge on any atom is -1.00 e. The van der Waals surface area contributed by atoms with Gasteiger partial charge in [-0.05, 0) is 70.2 Å². The van der Waals surface area contributed by atoms with Crippen molar-refractivity contribution >= 4 is 37.6 Å². The van der Waals surface area contributed by atoms with Gasteiger partial charge < -0.3 is 24.8 Å². The van der Waals surface area contributed by atoms with Gasteiger partial charge in [-0.15, -0.1) is 12.5 Å². The molecule has 292 valence electrons. The second-order valence-electron chi connectivity index (χ2n) is 17.5. The molecule has 0 radical (unpaired) electrons. The summed E-state index contributed by atoms with van der Waals surface area (Å²) in [5, 5.41) is 1.53. The van der Waals surface area contributed by atoms with Crippen LogP contribution >= 0.6 is 23.2 Å². The van der Waals surface area contributed by atoms with Gasteiger partial charge in [0.1, 0.15) is 0 Å². The largest absolute Gasteiger partial charge is 1.00 e. The van der Waals surface area contributed by atoms with Crippen LogP contribution in [0.1, 0.15) is 131 Å². The number of rotatable bonds is 3. The summed E-state index contributed by atoms with van der Waals surface area (Å²) in [7, 11) is 0. The predicted octanol–water partition coefficient (Wildman–Crippen LogP) is 8.62. The van der Waals surface area contributed by atoms with E-state index in [1.807, 2.05) is 36.4 Å². The molecular weight excluding hydrogens is 846 g/mol. The van der Waals surface area contributed by atoms with Crippen LogP contribution in [-0.4, -0.2) is 3.21 Å². The first-order valence-corrected chi connectivity index (χ1v) is 21.3. The van der Waals surface area contributed by atoms with Crippen LogP contribution in [-0.2, 0) is 53.3 Å². The van der Waals surface area contributed by atoms with Gasteiger partial charge in [-0.3, -0.25) is 0 Å². The van der Waals surface area contributed by atoms with E-state index in [1.54, 1.807) is 0 Å². The molecule has 0 fully saturated rings. The summed E-state index contributed by atoms with van der Waals surface area (Å²) in [6.45, 7) is 22.9. The first-order valence-electron chi connectivity index (χ1n) is 19.3. The molecule has 0 nitrogen and oxygen atoms in total. The second kappa shape index (κ2) is 18.2. The molecule has 0 spiro atoms. The molecule has 0 unspecified atom stereocenters. The third-order valence-electron chi connectivity index (χ3n) is 11.4. The number of hydrogen-bond acceptors (Lipinski definition) is 0. The zero-order valence-corrected chi connectivity index (χ0v) is 40.0. The van der Waals surface area contributed by atoms with E-state index in [4.69, 9.17) is 23.2 Å². The van der Waals surface area contributed by atoms with E-state index in [2.05, 4.69) is 142 Å². The number of aryl methyl sites for hydroxylation is 1. The summed E-state index contributed by atoms with van der Waals surface area (Å²) in [6, 6.07) is 32.5. The van der Waals surface area contributed by atoms with Crippen molar-refractivity contribution in [3.8, 4) is 11.1 Å². The van der Waals surface area contributed by atoms with E-state index in [-0.39, 0.29) is 35.6 Å². The molecule has 8 rings (SSSR count). The topological polar surface area (TPSA) is 0 Å². The van der Waals surface area contributed by atoms with Crippen molar-refractivity contribution < 1.29 is 49.0 Å². The fourth-order valence-corrected chi connectivity index (χ4v) is 8.95. The van der Waals surface area contributed by atoms with E-state index in [0.29, 0.717) is 5.41 Å². The van der Waals surface area contributed by atoms with Crippen LogP contribution in [0.2, 0.25) is 10.0 Å². The number of fused-ring (bicyclic) bond motifs is 5. The standard InChI is InChI=1S/C27H29.C13H8Cl2.C11H17.2ClH.Zr/c1-16-7-9-26(3,4)24-12-18-11-19-13-25-21(17(2)8-10-27(25,5)6)15-23(19)22(18)14-20(16)24;14-12-5-1-3-10(8-12)7-11-4-2-6-13(15)9-11;1-5-9-6-7-10(8-9)11(2,3)4;;;/h7-9,12-15H,10-11H2,1-6H3;1-6,8-9H;6-8H,5H2,1-4H3;2*1H;/q-1;;-1;;;+2/p-2. The fourth-order valence-electron chi connectivity index (χ4n) is 7.81. The van der Waals surface area contributed by atoms with Crippen LogP contribution in [0.15, 0.2) is 103 Å². The first kappa shape index (κ1) is 46.2. The van der Waals surface area contributed by atoms with Gasteiger partial charge >= 0.3 is 120 Å². The van der Waals surface area contributed by atoms with Gasteiger partial charge in [0.25, 0.3) is 0 Å². The zero-order valence-electron chi connectivity index (χ0n) is 34.5. The molecule has 0 saturated heterocycles. The molecule has 3 aliphatic carbocycles. The molecule has 0 aromatic heterocycles. The van der Waals surface area contributed by atoms with Crippen LogP contribution in [0, 0.1) is 6.42 Å². The summed E-state index contributed by atoms with van der Waals surface area (Å²) < 4.78 is 1.26. The maximum Gasteiger partial charge on any atom is -1.00 e. The Labute approximate surface area is 374 Å². The third-order valence-corrected chi connectivity index (χ3v) is 13.3. The minimum absolute atomic E-state index is 0. The van der Waals surface area contributed by atoms with Crippen LogP contribution in [0.4, 0.5) is 0 Å². The van der Waals surface area contributed by atoms with Crippen molar-refractivity contribution in [2.24, 2.45) is 0 Å². The molecule has 0 bridgehead atoms. The zero-order chi connectivity index (χ0) is 39.2. The summed E-state index contributed by atoms with van der Waals surface area (Å²) in [5.41, 5.74) is 20.5. The normalized spacial score (nSPS) is 15.2. The Hall–Kier alpha value is -2.51. The van der Waals surface area contributed by atoms with Gasteiger partial charge in [0.05, 0.1) is 0 Å². The van der Waals surface area contributed by atoms with Gasteiger partial charge in [-0.25, -0.2) is 18.6 Å². The van der Waals surface area contributed by atoms with Crippen molar-refractivity contribution in [1.82, 2.24) is 0 Å². The summed E-state index contributed by atoms with van der Waals surface area (Å²) in [5.74, 6) is 0. The molecule has 0 N–H and O–H groups in total. The van der Waals surface area contributed by atoms with Gasteiger partial charge in [0.2, 0.25) is 0 Å². The van der Waals surface area contributed by atoms with Crippen molar-refractivity contribution in [3.63, 3.8) is 0 Å². The Morgan fingerprint density at radius 2 is 1.27 bits per heavy atom. The maximum atomic E-state index is 5.98. The molecule has 5 heteroatoms. The smallest absolute Gasteiger partial charge is 1.00 e. The molecule has 0 amide bonds. The number of hydrogen-bond donors (Lipinski definition) is 0. The average Bonchev–Trinajstić information content (AvgIpc) is 3.76. The van der Waals surface area contributed by atoms with Crippen molar-refractivity contribution in [2.45, 2.75) is 105 Å². The maximum absolute atomic E-state index is 5.98.